The minimum atomic E-state index is -0.896. The summed E-state index contributed by atoms with van der Waals surface area (Å²) in [4.78, 5) is 33.4. The molecule has 0 aliphatic carbocycles. The average molecular weight is 205 g/mol. The number of para-hydroxylation sites is 1. The number of nitrogens with two attached hydrogens (primary N) is 1. The Balaban J connectivity index is 2.47. The molecule has 3 amide bonds. The lowest BCUT2D eigenvalue weighted by Crippen LogP contribution is -2.47. The van der Waals surface area contributed by atoms with E-state index in [0.29, 0.717) is 5.69 Å². The topological polar surface area (TPSA) is 92.5 Å². The van der Waals surface area contributed by atoms with Crippen LogP contribution in [0.15, 0.2) is 24.3 Å². The smallest absolute Gasteiger partial charge is 0.331 e. The molecule has 15 heavy (non-hydrogen) atoms. The van der Waals surface area contributed by atoms with E-state index in [1.165, 1.54) is 6.07 Å². The van der Waals surface area contributed by atoms with Crippen LogP contribution in [0.2, 0.25) is 0 Å². The van der Waals surface area contributed by atoms with Crippen molar-refractivity contribution in [3.8, 4) is 0 Å². The summed E-state index contributed by atoms with van der Waals surface area (Å²) in [7, 11) is 0. The van der Waals surface area contributed by atoms with E-state index in [0.717, 1.165) is 5.01 Å². The first-order chi connectivity index (χ1) is 7.11. The van der Waals surface area contributed by atoms with E-state index in [9.17, 15) is 14.4 Å². The van der Waals surface area contributed by atoms with Crippen LogP contribution in [0.5, 0.6) is 0 Å². The fourth-order valence-electron chi connectivity index (χ4n) is 1.41. The van der Waals surface area contributed by atoms with Gasteiger partial charge in [0.25, 0.3) is 5.78 Å². The molecule has 0 fully saturated rings. The Labute approximate surface area is 84.6 Å². The second kappa shape index (κ2) is 3.09. The number of amides is 3. The molecular weight excluding hydrogens is 198 g/mol. The van der Waals surface area contributed by atoms with Gasteiger partial charge in [-0.25, -0.2) is 15.2 Å². The number of urea groups is 1. The van der Waals surface area contributed by atoms with E-state index in [1.54, 1.807) is 18.2 Å². The number of nitrogens with one attached hydrogen (secondary N) is 1. The van der Waals surface area contributed by atoms with Gasteiger partial charge in [-0.05, 0) is 12.1 Å². The number of hydrogen-bond acceptors (Lipinski definition) is 3. The van der Waals surface area contributed by atoms with Gasteiger partial charge in [-0.2, -0.15) is 0 Å². The van der Waals surface area contributed by atoms with Crippen LogP contribution in [0.25, 0.3) is 0 Å². The fourth-order valence-corrected chi connectivity index (χ4v) is 1.41. The Morgan fingerprint density at radius 1 is 1.27 bits per heavy atom. The molecule has 0 atom stereocenters. The Kier molecular flexibility index (Phi) is 1.89. The van der Waals surface area contributed by atoms with Crippen molar-refractivity contribution in [2.75, 3.05) is 5.01 Å². The van der Waals surface area contributed by atoms with Gasteiger partial charge >= 0.3 is 11.9 Å². The molecule has 6 heteroatoms. The predicted octanol–water partition coefficient (Wildman–Crippen LogP) is -0.201. The summed E-state index contributed by atoms with van der Waals surface area (Å²) < 4.78 is 0. The first-order valence-corrected chi connectivity index (χ1v) is 4.15. The zero-order valence-corrected chi connectivity index (χ0v) is 7.56. The van der Waals surface area contributed by atoms with Gasteiger partial charge in [0, 0.05) is 0 Å². The minimum absolute atomic E-state index is 0.260. The largest absolute Gasteiger partial charge is 0.350 e. The molecule has 0 aromatic heterocycles. The molecule has 0 spiro atoms. The standard InChI is InChI=1S/C9H7N3O3/c10-9(15)11-12-6-4-2-1-3-5(6)7(13)8(12)14/h1-4H,(H3,10,11,15). The molecule has 76 valence electrons. The highest BCUT2D eigenvalue weighted by Gasteiger charge is 2.36. The third-order valence-corrected chi connectivity index (χ3v) is 2.01. The maximum Gasteiger partial charge on any atom is 0.331 e. The number of carbonyl (C=O) groups excluding carboxylic acids is 3. The number of hydrogen-bond donors (Lipinski definition) is 2. The lowest BCUT2D eigenvalue weighted by Gasteiger charge is -2.15. The van der Waals surface area contributed by atoms with Gasteiger partial charge < -0.3 is 5.73 Å². The van der Waals surface area contributed by atoms with Gasteiger partial charge in [0.05, 0.1) is 11.3 Å². The quantitative estimate of drug-likeness (QED) is 0.622. The predicted molar refractivity (Wildman–Crippen MR) is 51.0 cm³/mol. The number of carbonyl (C=O) groups is 3. The van der Waals surface area contributed by atoms with E-state index in [2.05, 4.69) is 5.43 Å². The highest BCUT2D eigenvalue weighted by molar-refractivity contribution is 6.52. The van der Waals surface area contributed by atoms with Crippen LogP contribution in [0.1, 0.15) is 10.4 Å². The van der Waals surface area contributed by atoms with Gasteiger partial charge in [0.2, 0.25) is 0 Å². The Hall–Kier alpha value is -2.37. The van der Waals surface area contributed by atoms with Crippen LogP contribution >= 0.6 is 0 Å². The third-order valence-electron chi connectivity index (χ3n) is 2.01. The van der Waals surface area contributed by atoms with Gasteiger partial charge in [-0.15, -0.1) is 0 Å². The van der Waals surface area contributed by atoms with Crippen molar-refractivity contribution in [1.82, 2.24) is 5.43 Å². The molecule has 0 saturated carbocycles. The van der Waals surface area contributed by atoms with E-state index in [1.807, 2.05) is 0 Å². The summed E-state index contributed by atoms with van der Waals surface area (Å²) in [6.45, 7) is 0. The van der Waals surface area contributed by atoms with Gasteiger partial charge in [-0.1, -0.05) is 12.1 Å². The first kappa shape index (κ1) is 9.20. The van der Waals surface area contributed by atoms with Gasteiger partial charge in [0.1, 0.15) is 0 Å². The molecular formula is C9H7N3O3. The van der Waals surface area contributed by atoms with Crippen LogP contribution in [0, 0.1) is 0 Å². The molecule has 0 unspecified atom stereocenters. The van der Waals surface area contributed by atoms with Crippen molar-refractivity contribution in [1.29, 1.82) is 0 Å². The molecule has 0 bridgehead atoms. The average Bonchev–Trinajstić information content (AvgIpc) is 2.44. The molecule has 6 nitrogen and oxygen atoms in total. The van der Waals surface area contributed by atoms with Crippen molar-refractivity contribution < 1.29 is 14.4 Å². The lowest BCUT2D eigenvalue weighted by molar-refractivity contribution is -0.114. The summed E-state index contributed by atoms with van der Waals surface area (Å²) in [5.41, 5.74) is 7.56. The van der Waals surface area contributed by atoms with Crippen LogP contribution in [0.3, 0.4) is 0 Å². The zero-order valence-electron chi connectivity index (χ0n) is 7.56. The molecule has 0 saturated heterocycles. The van der Waals surface area contributed by atoms with E-state index >= 15 is 0 Å². The number of Topliss-reactive ketones (excluding diaryl/α,β-unsaturated/α-hetero) is 1. The normalized spacial score (nSPS) is 14.0. The summed E-state index contributed by atoms with van der Waals surface area (Å²) >= 11 is 0. The van der Waals surface area contributed by atoms with E-state index in [4.69, 9.17) is 5.73 Å². The number of primary amides is 1. The van der Waals surface area contributed by atoms with E-state index in [-0.39, 0.29) is 5.56 Å². The summed E-state index contributed by atoms with van der Waals surface area (Å²) in [5.74, 6) is -1.46. The number of hydrazine groups is 1. The Morgan fingerprint density at radius 3 is 2.60 bits per heavy atom. The van der Waals surface area contributed by atoms with Crippen molar-refractivity contribution in [3.63, 3.8) is 0 Å². The summed E-state index contributed by atoms with van der Waals surface area (Å²) in [6.07, 6.45) is 0. The number of nitrogens with zero attached hydrogens (tertiary/aromatic N) is 1. The van der Waals surface area contributed by atoms with Crippen molar-refractivity contribution in [2.24, 2.45) is 5.73 Å². The highest BCUT2D eigenvalue weighted by atomic mass is 16.2. The molecule has 1 aliphatic heterocycles. The fraction of sp³-hybridized carbons (Fsp3) is 0. The molecule has 1 aromatic carbocycles. The molecule has 1 aliphatic rings. The number of ketones is 1. The van der Waals surface area contributed by atoms with Crippen LogP contribution in [0.4, 0.5) is 10.5 Å². The SMILES string of the molecule is NC(=O)NN1C(=O)C(=O)c2ccccc21. The lowest BCUT2D eigenvalue weighted by atomic mass is 10.1. The van der Waals surface area contributed by atoms with Crippen molar-refractivity contribution in [2.45, 2.75) is 0 Å². The van der Waals surface area contributed by atoms with Gasteiger partial charge in [0.15, 0.2) is 0 Å². The van der Waals surface area contributed by atoms with Crippen LogP contribution < -0.4 is 16.2 Å². The van der Waals surface area contributed by atoms with Crippen LogP contribution in [-0.4, -0.2) is 17.7 Å². The molecule has 3 N–H and O–H groups in total. The Bertz CT molecular complexity index is 469. The van der Waals surface area contributed by atoms with E-state index < -0.39 is 17.7 Å². The number of rotatable bonds is 1. The molecule has 1 heterocycles. The minimum Gasteiger partial charge on any atom is -0.350 e. The highest BCUT2D eigenvalue weighted by Crippen LogP contribution is 2.26. The molecule has 0 radical (unpaired) electrons. The first-order valence-electron chi connectivity index (χ1n) is 4.15. The van der Waals surface area contributed by atoms with Crippen molar-refractivity contribution in [3.05, 3.63) is 29.8 Å². The van der Waals surface area contributed by atoms with Crippen LogP contribution in [-0.2, 0) is 4.79 Å². The monoisotopic (exact) mass is 205 g/mol. The second-order valence-electron chi connectivity index (χ2n) is 2.96. The summed E-state index contributed by atoms with van der Waals surface area (Å²) in [5, 5.41) is 0.847. The van der Waals surface area contributed by atoms with Crippen molar-refractivity contribution >= 4 is 23.4 Å². The summed E-state index contributed by atoms with van der Waals surface area (Å²) in [6, 6.07) is 5.46. The van der Waals surface area contributed by atoms with Gasteiger partial charge in [-0.3, -0.25) is 9.59 Å². The maximum absolute atomic E-state index is 11.4. The number of benzene rings is 1. The third kappa shape index (κ3) is 1.32. The zero-order chi connectivity index (χ0) is 11.0. The molecule has 2 rings (SSSR count). The Morgan fingerprint density at radius 2 is 1.93 bits per heavy atom. The number of anilines is 1. The maximum atomic E-state index is 11.4. The number of fused-ring (bicyclic) bond motifs is 1. The second-order valence-corrected chi connectivity index (χ2v) is 2.96. The molecule has 1 aromatic rings.